The van der Waals surface area contributed by atoms with Gasteiger partial charge in [0.1, 0.15) is 11.5 Å². The minimum absolute atomic E-state index is 0.0133. The highest BCUT2D eigenvalue weighted by molar-refractivity contribution is 6.06. The van der Waals surface area contributed by atoms with Crippen LogP contribution in [0.5, 0.6) is 0 Å². The maximum absolute atomic E-state index is 14.0. The molecule has 2 aromatic carbocycles. The van der Waals surface area contributed by atoms with Crippen LogP contribution in [-0.4, -0.2) is 60.2 Å². The van der Waals surface area contributed by atoms with Crippen LogP contribution in [0.2, 0.25) is 0 Å². The average Bonchev–Trinajstić information content (AvgIpc) is 3.18. The van der Waals surface area contributed by atoms with Gasteiger partial charge < -0.3 is 25.2 Å². The number of hydrogen-bond acceptors (Lipinski definition) is 4. The average molecular weight is 396 g/mol. The maximum atomic E-state index is 14.0. The number of aliphatic hydroxyl groups is 1. The normalized spacial score (nSPS) is 17.7. The number of nitrogens with one attached hydrogen (secondary N) is 2. The number of amides is 1. The van der Waals surface area contributed by atoms with Crippen LogP contribution in [0.1, 0.15) is 16.1 Å². The summed E-state index contributed by atoms with van der Waals surface area (Å²) < 4.78 is 14.0. The monoisotopic (exact) mass is 396 g/mol. The van der Waals surface area contributed by atoms with E-state index in [0.717, 1.165) is 30.9 Å². The molecular formula is C22H25FN4O2. The second-order valence-electron chi connectivity index (χ2n) is 7.63. The van der Waals surface area contributed by atoms with Gasteiger partial charge in [0, 0.05) is 36.4 Å². The number of hydrogen-bond donors (Lipinski definition) is 3. The minimum Gasteiger partial charge on any atom is -0.394 e. The molecule has 0 aliphatic carbocycles. The molecule has 4 rings (SSSR count). The number of carbonyl (C=O) groups is 1. The maximum Gasteiger partial charge on any atom is 0.272 e. The Kier molecular flexibility index (Phi) is 5.25. The quantitative estimate of drug-likeness (QED) is 0.634. The third-order valence-electron chi connectivity index (χ3n) is 5.53. The fraction of sp³-hybridized carbons (Fsp3) is 0.318. The summed E-state index contributed by atoms with van der Waals surface area (Å²) in [6, 6.07) is 12.2. The van der Waals surface area contributed by atoms with E-state index in [1.54, 1.807) is 12.1 Å². The largest absolute Gasteiger partial charge is 0.394 e. The Morgan fingerprint density at radius 2 is 2.10 bits per heavy atom. The summed E-state index contributed by atoms with van der Waals surface area (Å²) in [6.07, 6.45) is 0. The Labute approximate surface area is 168 Å². The van der Waals surface area contributed by atoms with Crippen molar-refractivity contribution in [1.82, 2.24) is 9.88 Å². The zero-order chi connectivity index (χ0) is 20.5. The topological polar surface area (TPSA) is 71.6 Å². The molecule has 0 bridgehead atoms. The summed E-state index contributed by atoms with van der Waals surface area (Å²) in [6.45, 7) is 4.44. The fourth-order valence-electron chi connectivity index (χ4n) is 3.92. The van der Waals surface area contributed by atoms with Crippen molar-refractivity contribution in [2.75, 3.05) is 43.5 Å². The number of carbonyl (C=O) groups excluding carboxylic acids is 1. The van der Waals surface area contributed by atoms with E-state index in [2.05, 4.69) is 20.1 Å². The first-order valence-corrected chi connectivity index (χ1v) is 9.71. The summed E-state index contributed by atoms with van der Waals surface area (Å²) in [4.78, 5) is 20.1. The van der Waals surface area contributed by atoms with Crippen LogP contribution in [0.15, 0.2) is 42.5 Å². The number of fused-ring (bicyclic) bond motifs is 1. The SMILES string of the molecule is Cc1ccc(F)c2cc(C(=O)Nc3cccc(N4CCN(C)CC4CO)c3)[nH]c12. The molecule has 1 aliphatic rings. The lowest BCUT2D eigenvalue weighted by molar-refractivity contribution is 0.102. The van der Waals surface area contributed by atoms with Crippen LogP contribution < -0.4 is 10.2 Å². The second kappa shape index (κ2) is 7.85. The van der Waals surface area contributed by atoms with Gasteiger partial charge in [-0.3, -0.25) is 4.79 Å². The van der Waals surface area contributed by atoms with Crippen LogP contribution >= 0.6 is 0 Å². The van der Waals surface area contributed by atoms with Gasteiger partial charge in [0.2, 0.25) is 0 Å². The number of benzene rings is 2. The van der Waals surface area contributed by atoms with E-state index >= 15 is 0 Å². The molecule has 1 aliphatic heterocycles. The van der Waals surface area contributed by atoms with Crippen molar-refractivity contribution in [2.45, 2.75) is 13.0 Å². The molecule has 1 saturated heterocycles. The molecule has 7 heteroatoms. The predicted octanol–water partition coefficient (Wildman–Crippen LogP) is 2.98. The number of nitrogens with zero attached hydrogens (tertiary/aromatic N) is 2. The highest BCUT2D eigenvalue weighted by atomic mass is 19.1. The van der Waals surface area contributed by atoms with Crippen molar-refractivity contribution < 1.29 is 14.3 Å². The molecule has 2 heterocycles. The van der Waals surface area contributed by atoms with Crippen molar-refractivity contribution in [3.8, 4) is 0 Å². The molecule has 3 N–H and O–H groups in total. The first kappa shape index (κ1) is 19.4. The number of likely N-dealkylation sites (N-methyl/N-ethyl adjacent to an activating group) is 1. The summed E-state index contributed by atoms with van der Waals surface area (Å²) in [5, 5.41) is 13.0. The van der Waals surface area contributed by atoms with Gasteiger partial charge in [-0.15, -0.1) is 0 Å². The molecule has 0 spiro atoms. The van der Waals surface area contributed by atoms with Crippen molar-refractivity contribution in [2.24, 2.45) is 0 Å². The zero-order valence-electron chi connectivity index (χ0n) is 16.6. The molecule has 152 valence electrons. The van der Waals surface area contributed by atoms with E-state index in [4.69, 9.17) is 0 Å². The number of anilines is 2. The second-order valence-corrected chi connectivity index (χ2v) is 7.63. The molecule has 1 fully saturated rings. The molecule has 0 radical (unpaired) electrons. The van der Waals surface area contributed by atoms with Crippen LogP contribution in [0.3, 0.4) is 0 Å². The zero-order valence-corrected chi connectivity index (χ0v) is 16.6. The van der Waals surface area contributed by atoms with Crippen LogP contribution in [-0.2, 0) is 0 Å². The Bertz CT molecular complexity index is 1010. The standard InChI is InChI=1S/C22H25FN4O2/c1-14-6-7-19(23)18-11-20(25-21(14)18)22(29)24-15-4-3-5-16(10-15)27-9-8-26(2)12-17(27)13-28/h3-7,10-11,17,25,28H,8-9,12-13H2,1-2H3,(H,24,29). The number of H-pyrrole nitrogens is 1. The van der Waals surface area contributed by atoms with E-state index in [9.17, 15) is 14.3 Å². The van der Waals surface area contributed by atoms with Crippen molar-refractivity contribution >= 4 is 28.2 Å². The van der Waals surface area contributed by atoms with E-state index in [1.165, 1.54) is 6.07 Å². The number of aryl methyl sites for hydroxylation is 1. The van der Waals surface area contributed by atoms with Crippen molar-refractivity contribution in [3.63, 3.8) is 0 Å². The molecule has 0 saturated carbocycles. The number of halogens is 1. The molecule has 6 nitrogen and oxygen atoms in total. The number of piperazine rings is 1. The van der Waals surface area contributed by atoms with Gasteiger partial charge in [0.05, 0.1) is 18.2 Å². The highest BCUT2D eigenvalue weighted by Crippen LogP contribution is 2.25. The number of aromatic amines is 1. The van der Waals surface area contributed by atoms with Gasteiger partial charge in [-0.05, 0) is 49.9 Å². The molecule has 1 amide bonds. The third-order valence-corrected chi connectivity index (χ3v) is 5.53. The Balaban J connectivity index is 1.56. The number of aromatic nitrogens is 1. The number of aliphatic hydroxyl groups excluding tert-OH is 1. The summed E-state index contributed by atoms with van der Waals surface area (Å²) in [5.41, 5.74) is 3.43. The van der Waals surface area contributed by atoms with E-state index in [0.29, 0.717) is 22.3 Å². The Hall–Kier alpha value is -2.90. The molecule has 29 heavy (non-hydrogen) atoms. The van der Waals surface area contributed by atoms with Crippen LogP contribution in [0.4, 0.5) is 15.8 Å². The summed E-state index contributed by atoms with van der Waals surface area (Å²) in [5.74, 6) is -0.678. The molecule has 1 atom stereocenters. The van der Waals surface area contributed by atoms with Crippen LogP contribution in [0.25, 0.3) is 10.9 Å². The minimum atomic E-state index is -0.354. The first-order chi connectivity index (χ1) is 14.0. The van der Waals surface area contributed by atoms with Crippen LogP contribution in [0, 0.1) is 12.7 Å². The van der Waals surface area contributed by atoms with Gasteiger partial charge >= 0.3 is 0 Å². The third kappa shape index (κ3) is 3.83. The summed E-state index contributed by atoms with van der Waals surface area (Å²) >= 11 is 0. The van der Waals surface area contributed by atoms with E-state index in [1.807, 2.05) is 38.2 Å². The lowest BCUT2D eigenvalue weighted by Crippen LogP contribution is -2.53. The van der Waals surface area contributed by atoms with Gasteiger partial charge in [0.15, 0.2) is 0 Å². The predicted molar refractivity (Wildman–Crippen MR) is 113 cm³/mol. The molecular weight excluding hydrogens is 371 g/mol. The molecule has 1 unspecified atom stereocenters. The number of rotatable bonds is 4. The summed E-state index contributed by atoms with van der Waals surface area (Å²) in [7, 11) is 2.04. The first-order valence-electron chi connectivity index (χ1n) is 9.71. The smallest absolute Gasteiger partial charge is 0.272 e. The Morgan fingerprint density at radius 3 is 2.86 bits per heavy atom. The van der Waals surface area contributed by atoms with Gasteiger partial charge in [-0.2, -0.15) is 0 Å². The Morgan fingerprint density at radius 1 is 1.28 bits per heavy atom. The van der Waals surface area contributed by atoms with Gasteiger partial charge in [-0.25, -0.2) is 4.39 Å². The van der Waals surface area contributed by atoms with E-state index < -0.39 is 0 Å². The molecule has 1 aromatic heterocycles. The highest BCUT2D eigenvalue weighted by Gasteiger charge is 2.25. The van der Waals surface area contributed by atoms with Gasteiger partial charge in [-0.1, -0.05) is 12.1 Å². The lowest BCUT2D eigenvalue weighted by atomic mass is 10.1. The van der Waals surface area contributed by atoms with E-state index in [-0.39, 0.29) is 24.4 Å². The van der Waals surface area contributed by atoms with Gasteiger partial charge in [0.25, 0.3) is 5.91 Å². The fourth-order valence-corrected chi connectivity index (χ4v) is 3.92. The van der Waals surface area contributed by atoms with Crippen molar-refractivity contribution in [3.05, 3.63) is 59.5 Å². The molecule has 3 aromatic rings. The lowest BCUT2D eigenvalue weighted by Gasteiger charge is -2.40. The van der Waals surface area contributed by atoms with Crippen molar-refractivity contribution in [1.29, 1.82) is 0 Å².